The lowest BCUT2D eigenvalue weighted by Gasteiger charge is -2.26. The molecule has 164 valence electrons. The van der Waals surface area contributed by atoms with Crippen LogP contribution in [-0.2, 0) is 17.0 Å². The Labute approximate surface area is 183 Å². The number of fused-ring (bicyclic) bond motifs is 1. The summed E-state index contributed by atoms with van der Waals surface area (Å²) in [6.07, 6.45) is 5.15. The molecule has 6 heteroatoms. The van der Waals surface area contributed by atoms with E-state index in [2.05, 4.69) is 40.8 Å². The first-order valence-corrected chi connectivity index (χ1v) is 11.3. The van der Waals surface area contributed by atoms with Gasteiger partial charge in [-0.3, -0.25) is 9.78 Å². The van der Waals surface area contributed by atoms with E-state index in [1.54, 1.807) is 18.2 Å². The van der Waals surface area contributed by atoms with Gasteiger partial charge in [0, 0.05) is 23.8 Å². The Morgan fingerprint density at radius 2 is 1.97 bits per heavy atom. The number of hydrogen-bond donors (Lipinski definition) is 1. The van der Waals surface area contributed by atoms with Crippen LogP contribution in [0.15, 0.2) is 42.6 Å². The number of aryl methyl sites for hydroxylation is 1. The van der Waals surface area contributed by atoms with Gasteiger partial charge in [-0.25, -0.2) is 9.37 Å². The Morgan fingerprint density at radius 1 is 1.16 bits per heavy atom. The maximum atomic E-state index is 16.1. The molecular weight excluding hydrogens is 391 g/mol. The molecule has 5 nitrogen and oxygen atoms in total. The number of nitrogens with zero attached hydrogens (tertiary/aromatic N) is 3. The van der Waals surface area contributed by atoms with Crippen LogP contribution in [0.4, 0.5) is 4.39 Å². The monoisotopic (exact) mass is 422 g/mol. The summed E-state index contributed by atoms with van der Waals surface area (Å²) in [5.74, 6) is -0.241. The standard InChI is InChI=1S/C25H31FN4O/c1-17(2)21-16-19-11-12-20-18(3)28-24(31)25(26,22-10-6-8-14-27-22)13-7-4-5-9-15-30(21)23(19)29-20/h6,8,10-12,14,16-18H,4-5,7,9,13,15H2,1-3H3,(H,28,31). The van der Waals surface area contributed by atoms with E-state index in [1.165, 1.54) is 11.9 Å². The number of hydrogen-bond acceptors (Lipinski definition) is 3. The Balaban J connectivity index is 1.73. The summed E-state index contributed by atoms with van der Waals surface area (Å²) in [5, 5.41) is 3.97. The van der Waals surface area contributed by atoms with Crippen LogP contribution < -0.4 is 5.32 Å². The van der Waals surface area contributed by atoms with Gasteiger partial charge in [0.1, 0.15) is 5.65 Å². The lowest BCUT2D eigenvalue weighted by molar-refractivity contribution is -0.135. The largest absolute Gasteiger partial charge is 0.345 e. The van der Waals surface area contributed by atoms with E-state index >= 15 is 4.39 Å². The summed E-state index contributed by atoms with van der Waals surface area (Å²) < 4.78 is 18.4. The summed E-state index contributed by atoms with van der Waals surface area (Å²) >= 11 is 0. The zero-order chi connectivity index (χ0) is 22.0. The smallest absolute Gasteiger partial charge is 0.264 e. The highest BCUT2D eigenvalue weighted by molar-refractivity contribution is 5.86. The van der Waals surface area contributed by atoms with Crippen LogP contribution in [0.5, 0.6) is 0 Å². The Kier molecular flexibility index (Phi) is 6.08. The van der Waals surface area contributed by atoms with Crippen LogP contribution in [0.25, 0.3) is 11.0 Å². The second kappa shape index (κ2) is 8.77. The molecule has 1 aliphatic rings. The summed E-state index contributed by atoms with van der Waals surface area (Å²) in [7, 11) is 0. The third-order valence-electron chi connectivity index (χ3n) is 6.26. The van der Waals surface area contributed by atoms with Gasteiger partial charge in [-0.2, -0.15) is 0 Å². The highest BCUT2D eigenvalue weighted by Crippen LogP contribution is 2.33. The number of nitrogens with one attached hydrogen (secondary N) is 1. The predicted octanol–water partition coefficient (Wildman–Crippen LogP) is 5.56. The molecule has 3 aromatic heterocycles. The van der Waals surface area contributed by atoms with Gasteiger partial charge in [-0.15, -0.1) is 0 Å². The molecule has 1 N–H and O–H groups in total. The fourth-order valence-electron chi connectivity index (χ4n) is 4.45. The van der Waals surface area contributed by atoms with Gasteiger partial charge in [0.15, 0.2) is 0 Å². The average Bonchev–Trinajstić information content (AvgIpc) is 3.14. The second-order valence-electron chi connectivity index (χ2n) is 8.90. The summed E-state index contributed by atoms with van der Waals surface area (Å²) in [4.78, 5) is 22.2. The first-order valence-electron chi connectivity index (χ1n) is 11.3. The lowest BCUT2D eigenvalue weighted by Crippen LogP contribution is -2.43. The van der Waals surface area contributed by atoms with Crippen molar-refractivity contribution in [3.63, 3.8) is 0 Å². The number of carbonyl (C=O) groups is 1. The summed E-state index contributed by atoms with van der Waals surface area (Å²) in [6, 6.07) is 10.8. The minimum atomic E-state index is -2.14. The van der Waals surface area contributed by atoms with Crippen LogP contribution in [0.2, 0.25) is 0 Å². The van der Waals surface area contributed by atoms with Gasteiger partial charge in [0.2, 0.25) is 5.67 Å². The third-order valence-corrected chi connectivity index (χ3v) is 6.26. The fourth-order valence-corrected chi connectivity index (χ4v) is 4.45. The first kappa shape index (κ1) is 21.5. The molecule has 0 saturated carbocycles. The van der Waals surface area contributed by atoms with Gasteiger partial charge in [0.25, 0.3) is 5.91 Å². The summed E-state index contributed by atoms with van der Waals surface area (Å²) in [5.41, 5.74) is 0.980. The van der Waals surface area contributed by atoms with E-state index in [4.69, 9.17) is 4.98 Å². The molecule has 0 fully saturated rings. The molecule has 0 aromatic carbocycles. The van der Waals surface area contributed by atoms with Crippen LogP contribution >= 0.6 is 0 Å². The maximum absolute atomic E-state index is 16.1. The summed E-state index contributed by atoms with van der Waals surface area (Å²) in [6.45, 7) is 7.15. The van der Waals surface area contributed by atoms with Crippen LogP contribution in [0, 0.1) is 0 Å². The van der Waals surface area contributed by atoms with E-state index in [1.807, 2.05) is 13.0 Å². The van der Waals surface area contributed by atoms with Crippen LogP contribution in [0.1, 0.15) is 81.9 Å². The van der Waals surface area contributed by atoms with Crippen molar-refractivity contribution in [2.75, 3.05) is 0 Å². The molecule has 2 unspecified atom stereocenters. The molecule has 0 saturated heterocycles. The average molecular weight is 423 g/mol. The number of alkyl halides is 1. The van der Waals surface area contributed by atoms with E-state index in [9.17, 15) is 4.79 Å². The van der Waals surface area contributed by atoms with Gasteiger partial charge in [0.05, 0.1) is 17.4 Å². The number of pyridine rings is 2. The quantitative estimate of drug-likeness (QED) is 0.588. The van der Waals surface area contributed by atoms with Gasteiger partial charge in [-0.05, 0) is 62.4 Å². The van der Waals surface area contributed by atoms with Gasteiger partial charge >= 0.3 is 0 Å². The molecule has 4 rings (SSSR count). The van der Waals surface area contributed by atoms with E-state index in [0.29, 0.717) is 12.3 Å². The SMILES string of the molecule is CC(C)c1cc2ccc3nc2n1CCCCCCC(F)(c1ccccn1)C(=O)NC3C. The van der Waals surface area contributed by atoms with Crippen molar-refractivity contribution >= 4 is 16.9 Å². The molecule has 31 heavy (non-hydrogen) atoms. The van der Waals surface area contributed by atoms with Crippen molar-refractivity contribution in [3.05, 3.63) is 59.7 Å². The highest BCUT2D eigenvalue weighted by Gasteiger charge is 2.42. The third kappa shape index (κ3) is 4.21. The lowest BCUT2D eigenvalue weighted by atomic mass is 9.92. The van der Waals surface area contributed by atoms with E-state index < -0.39 is 17.6 Å². The molecule has 2 bridgehead atoms. The first-order chi connectivity index (χ1) is 14.9. The molecule has 4 heterocycles. The van der Waals surface area contributed by atoms with Crippen molar-refractivity contribution in [3.8, 4) is 0 Å². The highest BCUT2D eigenvalue weighted by atomic mass is 19.1. The predicted molar refractivity (Wildman–Crippen MR) is 120 cm³/mol. The number of halogens is 1. The zero-order valence-electron chi connectivity index (χ0n) is 18.6. The maximum Gasteiger partial charge on any atom is 0.264 e. The van der Waals surface area contributed by atoms with Crippen LogP contribution in [-0.4, -0.2) is 20.4 Å². The molecule has 1 amide bonds. The Morgan fingerprint density at radius 3 is 2.71 bits per heavy atom. The molecule has 1 aliphatic heterocycles. The molecule has 0 spiro atoms. The van der Waals surface area contributed by atoms with Crippen molar-refractivity contribution < 1.29 is 9.18 Å². The van der Waals surface area contributed by atoms with Crippen LogP contribution in [0.3, 0.4) is 0 Å². The van der Waals surface area contributed by atoms with Crippen molar-refractivity contribution in [1.29, 1.82) is 0 Å². The number of amides is 1. The van der Waals surface area contributed by atoms with Crippen molar-refractivity contribution in [2.24, 2.45) is 0 Å². The normalized spacial score (nSPS) is 23.1. The minimum absolute atomic E-state index is 0.126. The van der Waals surface area contributed by atoms with E-state index in [-0.39, 0.29) is 12.1 Å². The number of aromatic nitrogens is 3. The number of carbonyl (C=O) groups excluding carboxylic acids is 1. The molecule has 2 atom stereocenters. The van der Waals surface area contributed by atoms with Crippen molar-refractivity contribution in [2.45, 2.75) is 77.0 Å². The Bertz CT molecular complexity index is 1060. The molecule has 0 radical (unpaired) electrons. The zero-order valence-corrected chi connectivity index (χ0v) is 18.6. The fraction of sp³-hybridized carbons (Fsp3) is 0.480. The second-order valence-corrected chi connectivity index (χ2v) is 8.90. The van der Waals surface area contributed by atoms with Crippen molar-refractivity contribution in [1.82, 2.24) is 19.9 Å². The molecule has 0 aliphatic carbocycles. The molecule has 3 aromatic rings. The van der Waals surface area contributed by atoms with E-state index in [0.717, 1.165) is 42.5 Å². The topological polar surface area (TPSA) is 59.8 Å². The minimum Gasteiger partial charge on any atom is -0.345 e. The molecular formula is C25H31FN4O. The van der Waals surface area contributed by atoms with Gasteiger partial charge < -0.3 is 9.88 Å². The van der Waals surface area contributed by atoms with Gasteiger partial charge in [-0.1, -0.05) is 32.8 Å². The Hall–Kier alpha value is -2.76. The number of rotatable bonds is 2.